The van der Waals surface area contributed by atoms with Gasteiger partial charge in [0.2, 0.25) is 5.78 Å². The van der Waals surface area contributed by atoms with Crippen molar-refractivity contribution in [2.24, 2.45) is 0 Å². The van der Waals surface area contributed by atoms with Crippen molar-refractivity contribution in [2.45, 2.75) is 4.90 Å². The summed E-state index contributed by atoms with van der Waals surface area (Å²) in [5.74, 6) is -1.07. The van der Waals surface area contributed by atoms with Crippen molar-refractivity contribution in [1.29, 1.82) is 10.5 Å². The van der Waals surface area contributed by atoms with E-state index in [1.807, 2.05) is 36.2 Å². The molecule has 22 heavy (non-hydrogen) atoms. The van der Waals surface area contributed by atoms with E-state index in [1.54, 1.807) is 18.2 Å². The molecule has 1 aliphatic heterocycles. The smallest absolute Gasteiger partial charge is 0.230 e. The zero-order valence-electron chi connectivity index (χ0n) is 11.5. The number of carbonyl (C=O) groups excluding carboxylic acids is 1. The number of para-hydroxylation sites is 1. The van der Waals surface area contributed by atoms with E-state index in [0.717, 1.165) is 15.6 Å². The van der Waals surface area contributed by atoms with Crippen LogP contribution in [0.3, 0.4) is 0 Å². The fourth-order valence-corrected chi connectivity index (χ4v) is 3.41. The summed E-state index contributed by atoms with van der Waals surface area (Å²) in [6, 6.07) is 11.2. The lowest BCUT2D eigenvalue weighted by Crippen LogP contribution is -2.23. The van der Waals surface area contributed by atoms with E-state index in [4.69, 9.17) is 10.5 Å². The Hall–Kier alpha value is -2.96. The third-order valence-electron chi connectivity index (χ3n) is 3.48. The predicted molar refractivity (Wildman–Crippen MR) is 81.7 cm³/mol. The fraction of sp³-hybridized carbons (Fsp3) is 0.0625. The molecule has 5 nitrogen and oxygen atoms in total. The minimum absolute atomic E-state index is 0.0139. The number of benzene rings is 1. The number of hydrogen-bond acceptors (Lipinski definition) is 6. The van der Waals surface area contributed by atoms with Crippen LogP contribution in [-0.4, -0.2) is 17.9 Å². The summed E-state index contributed by atoms with van der Waals surface area (Å²) < 4.78 is 0. The van der Waals surface area contributed by atoms with Crippen LogP contribution in [0.2, 0.25) is 0 Å². The van der Waals surface area contributed by atoms with Gasteiger partial charge in [-0.05, 0) is 18.2 Å². The van der Waals surface area contributed by atoms with Gasteiger partial charge in [-0.3, -0.25) is 4.79 Å². The number of aliphatic hydroxyl groups is 1. The molecule has 1 aliphatic carbocycles. The summed E-state index contributed by atoms with van der Waals surface area (Å²) in [6.07, 6.45) is 1.63. The average molecular weight is 307 g/mol. The van der Waals surface area contributed by atoms with Gasteiger partial charge in [0.05, 0.1) is 16.3 Å². The molecule has 1 aromatic carbocycles. The Morgan fingerprint density at radius 1 is 1.32 bits per heavy atom. The molecule has 3 rings (SSSR count). The lowest BCUT2D eigenvalue weighted by Gasteiger charge is -2.21. The number of rotatable bonds is 1. The summed E-state index contributed by atoms with van der Waals surface area (Å²) in [6.45, 7) is 0. The maximum absolute atomic E-state index is 11.7. The number of ketones is 1. The largest absolute Gasteiger partial charge is 0.504 e. The zero-order valence-corrected chi connectivity index (χ0v) is 12.3. The van der Waals surface area contributed by atoms with E-state index >= 15 is 0 Å². The molecule has 0 spiro atoms. The van der Waals surface area contributed by atoms with E-state index in [-0.39, 0.29) is 16.7 Å². The molecule has 0 amide bonds. The number of hydrogen-bond donors (Lipinski definition) is 1. The first-order valence-electron chi connectivity index (χ1n) is 6.33. The number of aliphatic hydroxyl groups excluding tert-OH is 1. The molecule has 0 saturated carbocycles. The molecule has 2 aliphatic rings. The van der Waals surface area contributed by atoms with Gasteiger partial charge < -0.3 is 10.0 Å². The maximum atomic E-state index is 11.7. The molecular formula is C16H9N3O2S. The predicted octanol–water partition coefficient (Wildman–Crippen LogP) is 2.81. The molecule has 0 fully saturated rings. The first kappa shape index (κ1) is 14.0. The van der Waals surface area contributed by atoms with Crippen LogP contribution < -0.4 is 4.90 Å². The van der Waals surface area contributed by atoms with Crippen molar-refractivity contribution in [1.82, 2.24) is 0 Å². The van der Waals surface area contributed by atoms with E-state index in [1.165, 1.54) is 11.8 Å². The molecule has 6 heteroatoms. The molecule has 106 valence electrons. The van der Waals surface area contributed by atoms with E-state index in [9.17, 15) is 9.90 Å². The lowest BCUT2D eigenvalue weighted by molar-refractivity contribution is -0.115. The summed E-state index contributed by atoms with van der Waals surface area (Å²) in [4.78, 5) is 14.7. The van der Waals surface area contributed by atoms with Crippen molar-refractivity contribution < 1.29 is 9.90 Å². The van der Waals surface area contributed by atoms with Gasteiger partial charge in [-0.1, -0.05) is 23.9 Å². The van der Waals surface area contributed by atoms with Gasteiger partial charge in [0.15, 0.2) is 5.76 Å². The van der Waals surface area contributed by atoms with Gasteiger partial charge in [0, 0.05) is 17.5 Å². The number of allylic oxidation sites excluding steroid dienone is 4. The quantitative estimate of drug-likeness (QED) is 0.634. The molecule has 0 aromatic heterocycles. The summed E-state index contributed by atoms with van der Waals surface area (Å²) in [5, 5.41) is 28.4. The fourth-order valence-electron chi connectivity index (χ4n) is 2.31. The summed E-state index contributed by atoms with van der Waals surface area (Å²) in [7, 11) is 1.88. The highest BCUT2D eigenvalue weighted by Crippen LogP contribution is 2.46. The second kappa shape index (κ2) is 5.10. The van der Waals surface area contributed by atoms with E-state index in [0.29, 0.717) is 0 Å². The topological polar surface area (TPSA) is 88.1 Å². The van der Waals surface area contributed by atoms with E-state index < -0.39 is 11.5 Å². The van der Waals surface area contributed by atoms with E-state index in [2.05, 4.69) is 0 Å². The van der Waals surface area contributed by atoms with Crippen LogP contribution in [0.15, 0.2) is 62.7 Å². The van der Waals surface area contributed by atoms with Crippen LogP contribution in [0.5, 0.6) is 0 Å². The average Bonchev–Trinajstić information content (AvgIpc) is 2.87. The Labute approximate surface area is 131 Å². The number of anilines is 1. The molecule has 1 heterocycles. The summed E-state index contributed by atoms with van der Waals surface area (Å²) in [5.41, 5.74) is 0.971. The highest BCUT2D eigenvalue weighted by Gasteiger charge is 2.36. The molecule has 0 radical (unpaired) electrons. The number of thioether (sulfide) groups is 1. The Kier molecular flexibility index (Phi) is 3.25. The second-order valence-electron chi connectivity index (χ2n) is 4.68. The number of Topliss-reactive ketones (excluding diaryl/α,β-unsaturated/α-hetero) is 1. The van der Waals surface area contributed by atoms with Crippen LogP contribution in [0, 0.1) is 22.7 Å². The Balaban J connectivity index is 2.05. The Bertz CT molecular complexity index is 865. The second-order valence-corrected chi connectivity index (χ2v) is 5.74. The van der Waals surface area contributed by atoms with Crippen LogP contribution >= 0.6 is 11.8 Å². The van der Waals surface area contributed by atoms with Gasteiger partial charge >= 0.3 is 0 Å². The van der Waals surface area contributed by atoms with Crippen molar-refractivity contribution in [3.05, 3.63) is 57.8 Å². The van der Waals surface area contributed by atoms with Crippen LogP contribution in [0.4, 0.5) is 5.69 Å². The first-order chi connectivity index (χ1) is 10.6. The highest BCUT2D eigenvalue weighted by atomic mass is 32.2. The third-order valence-corrected chi connectivity index (χ3v) is 4.65. The number of carbonyl (C=O) groups is 1. The van der Waals surface area contributed by atoms with Crippen molar-refractivity contribution in [3.63, 3.8) is 0 Å². The Morgan fingerprint density at radius 3 is 2.64 bits per heavy atom. The molecule has 0 unspecified atom stereocenters. The minimum Gasteiger partial charge on any atom is -0.504 e. The molecule has 0 saturated heterocycles. The van der Waals surface area contributed by atoms with Crippen molar-refractivity contribution >= 4 is 23.2 Å². The number of nitriles is 2. The molecule has 1 N–H and O–H groups in total. The van der Waals surface area contributed by atoms with Crippen molar-refractivity contribution in [3.8, 4) is 12.1 Å². The summed E-state index contributed by atoms with van der Waals surface area (Å²) >= 11 is 1.50. The van der Waals surface area contributed by atoms with Gasteiger partial charge in [-0.2, -0.15) is 10.5 Å². The van der Waals surface area contributed by atoms with Gasteiger partial charge in [-0.15, -0.1) is 0 Å². The monoisotopic (exact) mass is 307 g/mol. The highest BCUT2D eigenvalue weighted by molar-refractivity contribution is 8.03. The van der Waals surface area contributed by atoms with Crippen LogP contribution in [0.25, 0.3) is 0 Å². The van der Waals surface area contributed by atoms with Crippen LogP contribution in [-0.2, 0) is 4.79 Å². The minimum atomic E-state index is -0.659. The lowest BCUT2D eigenvalue weighted by atomic mass is 9.84. The third kappa shape index (κ3) is 1.90. The number of fused-ring (bicyclic) bond motifs is 1. The molecular weight excluding hydrogens is 298 g/mol. The first-order valence-corrected chi connectivity index (χ1v) is 7.15. The molecule has 0 bridgehead atoms. The zero-order chi connectivity index (χ0) is 15.9. The van der Waals surface area contributed by atoms with Crippen LogP contribution in [0.1, 0.15) is 0 Å². The maximum Gasteiger partial charge on any atom is 0.230 e. The SMILES string of the molecule is CN1/C(=C/C2=C(O)C(=O)C2=C(C#N)C#N)Sc2ccccc21. The molecule has 0 atom stereocenters. The van der Waals surface area contributed by atoms with Gasteiger partial charge in [0.1, 0.15) is 17.7 Å². The van der Waals surface area contributed by atoms with Gasteiger partial charge in [0.25, 0.3) is 0 Å². The standard InChI is InChI=1S/C16H9N3O2S/c1-19-11-4-2-3-5-12(11)22-13(19)6-10-14(9(7-17)8-18)16(21)15(10)20/h2-6,20H,1H3/b13-6-. The Morgan fingerprint density at radius 2 is 2.00 bits per heavy atom. The number of nitrogens with zero attached hydrogens (tertiary/aromatic N) is 3. The van der Waals surface area contributed by atoms with Gasteiger partial charge in [-0.25, -0.2) is 0 Å². The molecule has 1 aromatic rings. The normalized spacial score (nSPS) is 18.0. The van der Waals surface area contributed by atoms with Crippen molar-refractivity contribution in [2.75, 3.05) is 11.9 Å².